The second kappa shape index (κ2) is 6.55. The molecule has 1 heterocycles. The molecule has 1 aromatic heterocycles. The molecule has 0 unspecified atom stereocenters. The molecule has 0 saturated heterocycles. The highest BCUT2D eigenvalue weighted by molar-refractivity contribution is 5.20. The van der Waals surface area contributed by atoms with Crippen LogP contribution in [0, 0.1) is 0 Å². The van der Waals surface area contributed by atoms with Crippen LogP contribution in [0.1, 0.15) is 39.8 Å². The van der Waals surface area contributed by atoms with Crippen LogP contribution >= 0.6 is 0 Å². The van der Waals surface area contributed by atoms with Crippen LogP contribution in [0.25, 0.3) is 0 Å². The van der Waals surface area contributed by atoms with E-state index in [9.17, 15) is 0 Å². The topological polar surface area (TPSA) is 34.1 Å². The Hall–Kier alpha value is -1.35. The van der Waals surface area contributed by atoms with Crippen molar-refractivity contribution in [3.63, 3.8) is 0 Å². The summed E-state index contributed by atoms with van der Waals surface area (Å²) in [4.78, 5) is 4.37. The third kappa shape index (κ3) is 5.82. The van der Waals surface area contributed by atoms with E-state index in [4.69, 9.17) is 4.74 Å². The number of nitrogens with zero attached hydrogens (tertiary/aromatic N) is 1. The number of hydrogen-bond donors (Lipinski definition) is 1. The quantitative estimate of drug-likeness (QED) is 0.784. The molecule has 0 aliphatic heterocycles. The molecule has 0 fully saturated rings. The van der Waals surface area contributed by atoms with Gasteiger partial charge in [-0.3, -0.25) is 4.98 Å². The number of aromatic nitrogens is 1. The van der Waals surface area contributed by atoms with Crippen LogP contribution < -0.4 is 10.1 Å². The average molecular weight is 248 g/mol. The highest BCUT2D eigenvalue weighted by Gasteiger charge is 2.08. The molecular weight excluding hydrogens is 224 g/mol. The molecule has 0 spiro atoms. The minimum Gasteiger partial charge on any atom is -0.488 e. The van der Waals surface area contributed by atoms with Gasteiger partial charge in [0.25, 0.3) is 0 Å². The van der Waals surface area contributed by atoms with Crippen molar-refractivity contribution in [3.05, 3.63) is 36.2 Å². The summed E-state index contributed by atoms with van der Waals surface area (Å²) in [6.45, 7) is 13.7. The third-order valence-corrected chi connectivity index (χ3v) is 2.54. The second-order valence-electron chi connectivity index (χ2n) is 5.48. The zero-order valence-electron chi connectivity index (χ0n) is 11.9. The van der Waals surface area contributed by atoms with Crippen LogP contribution in [0.15, 0.2) is 30.5 Å². The SMILES string of the molecule is C=C(CC)COc1ccc(CNC(C)(C)C)nc1. The van der Waals surface area contributed by atoms with Gasteiger partial charge in [-0.1, -0.05) is 13.5 Å². The fourth-order valence-electron chi connectivity index (χ4n) is 1.24. The first-order chi connectivity index (χ1) is 8.40. The van der Waals surface area contributed by atoms with Crippen LogP contribution in [0.3, 0.4) is 0 Å². The predicted molar refractivity (Wildman–Crippen MR) is 75.8 cm³/mol. The third-order valence-electron chi connectivity index (χ3n) is 2.54. The molecule has 3 nitrogen and oxygen atoms in total. The lowest BCUT2D eigenvalue weighted by atomic mass is 10.1. The van der Waals surface area contributed by atoms with E-state index in [0.717, 1.165) is 30.0 Å². The van der Waals surface area contributed by atoms with E-state index in [-0.39, 0.29) is 5.54 Å². The first-order valence-electron chi connectivity index (χ1n) is 6.40. The minimum atomic E-state index is 0.107. The van der Waals surface area contributed by atoms with Gasteiger partial charge in [-0.25, -0.2) is 0 Å². The van der Waals surface area contributed by atoms with E-state index in [1.54, 1.807) is 6.20 Å². The summed E-state index contributed by atoms with van der Waals surface area (Å²) in [6.07, 6.45) is 2.71. The summed E-state index contributed by atoms with van der Waals surface area (Å²) >= 11 is 0. The van der Waals surface area contributed by atoms with Gasteiger partial charge in [0, 0.05) is 12.1 Å². The fraction of sp³-hybridized carbons (Fsp3) is 0.533. The Labute approximate surface area is 110 Å². The molecule has 18 heavy (non-hydrogen) atoms. The summed E-state index contributed by atoms with van der Waals surface area (Å²) in [5.41, 5.74) is 2.22. The molecule has 3 heteroatoms. The van der Waals surface area contributed by atoms with Gasteiger partial charge in [0.2, 0.25) is 0 Å². The molecule has 1 aromatic rings. The van der Waals surface area contributed by atoms with Crippen molar-refractivity contribution in [2.45, 2.75) is 46.2 Å². The molecule has 1 N–H and O–H groups in total. The Morgan fingerprint density at radius 1 is 1.39 bits per heavy atom. The Morgan fingerprint density at radius 2 is 2.11 bits per heavy atom. The number of nitrogens with one attached hydrogen (secondary N) is 1. The maximum Gasteiger partial charge on any atom is 0.138 e. The van der Waals surface area contributed by atoms with E-state index < -0.39 is 0 Å². The first kappa shape index (κ1) is 14.7. The molecule has 0 aromatic carbocycles. The number of ether oxygens (including phenoxy) is 1. The summed E-state index contributed by atoms with van der Waals surface area (Å²) in [6, 6.07) is 3.94. The van der Waals surface area contributed by atoms with Crippen LogP contribution in [-0.2, 0) is 6.54 Å². The van der Waals surface area contributed by atoms with Gasteiger partial charge in [0.05, 0.1) is 11.9 Å². The second-order valence-corrected chi connectivity index (χ2v) is 5.48. The Bertz CT molecular complexity index is 376. The van der Waals surface area contributed by atoms with Crippen molar-refractivity contribution in [2.75, 3.05) is 6.61 Å². The number of pyridine rings is 1. The van der Waals surface area contributed by atoms with Crippen LogP contribution in [0.2, 0.25) is 0 Å². The van der Waals surface area contributed by atoms with E-state index in [1.165, 1.54) is 0 Å². The maximum atomic E-state index is 5.58. The smallest absolute Gasteiger partial charge is 0.138 e. The fourth-order valence-corrected chi connectivity index (χ4v) is 1.24. The van der Waals surface area contributed by atoms with Crippen LogP contribution in [-0.4, -0.2) is 17.1 Å². The molecule has 0 amide bonds. The number of rotatable bonds is 6. The molecular formula is C15H24N2O. The Kier molecular flexibility index (Phi) is 5.35. The zero-order chi connectivity index (χ0) is 13.6. The van der Waals surface area contributed by atoms with Crippen molar-refractivity contribution < 1.29 is 4.74 Å². The molecule has 0 aliphatic carbocycles. The Balaban J connectivity index is 2.45. The van der Waals surface area contributed by atoms with Crippen LogP contribution in [0.4, 0.5) is 0 Å². The Morgan fingerprint density at radius 3 is 2.61 bits per heavy atom. The van der Waals surface area contributed by atoms with Gasteiger partial charge >= 0.3 is 0 Å². The van der Waals surface area contributed by atoms with Gasteiger partial charge in [0.15, 0.2) is 0 Å². The predicted octanol–water partition coefficient (Wildman–Crippen LogP) is 3.31. The molecule has 100 valence electrons. The number of hydrogen-bond acceptors (Lipinski definition) is 3. The van der Waals surface area contributed by atoms with E-state index in [0.29, 0.717) is 6.61 Å². The monoisotopic (exact) mass is 248 g/mol. The van der Waals surface area contributed by atoms with Crippen molar-refractivity contribution >= 4 is 0 Å². The van der Waals surface area contributed by atoms with Gasteiger partial charge < -0.3 is 10.1 Å². The summed E-state index contributed by atoms with van der Waals surface area (Å²) < 4.78 is 5.58. The van der Waals surface area contributed by atoms with E-state index in [1.807, 2.05) is 12.1 Å². The summed E-state index contributed by atoms with van der Waals surface area (Å²) in [7, 11) is 0. The lowest BCUT2D eigenvalue weighted by Gasteiger charge is -2.20. The molecule has 0 aliphatic rings. The molecule has 0 saturated carbocycles. The van der Waals surface area contributed by atoms with Crippen LogP contribution in [0.5, 0.6) is 5.75 Å². The van der Waals surface area contributed by atoms with Crippen molar-refractivity contribution in [3.8, 4) is 5.75 Å². The molecule has 0 atom stereocenters. The largest absolute Gasteiger partial charge is 0.488 e. The summed E-state index contributed by atoms with van der Waals surface area (Å²) in [5, 5.41) is 3.40. The average Bonchev–Trinajstić information content (AvgIpc) is 2.33. The maximum absolute atomic E-state index is 5.58. The normalized spacial score (nSPS) is 11.3. The lowest BCUT2D eigenvalue weighted by molar-refractivity contribution is 0.347. The molecule has 0 radical (unpaired) electrons. The minimum absolute atomic E-state index is 0.107. The first-order valence-corrected chi connectivity index (χ1v) is 6.40. The summed E-state index contributed by atoms with van der Waals surface area (Å²) in [5.74, 6) is 0.795. The zero-order valence-corrected chi connectivity index (χ0v) is 11.9. The molecule has 1 rings (SSSR count). The highest BCUT2D eigenvalue weighted by atomic mass is 16.5. The van der Waals surface area contributed by atoms with E-state index in [2.05, 4.69) is 44.6 Å². The van der Waals surface area contributed by atoms with Crippen molar-refractivity contribution in [2.24, 2.45) is 0 Å². The van der Waals surface area contributed by atoms with Gasteiger partial charge in [-0.2, -0.15) is 0 Å². The van der Waals surface area contributed by atoms with Gasteiger partial charge in [0.1, 0.15) is 12.4 Å². The van der Waals surface area contributed by atoms with Crippen molar-refractivity contribution in [1.82, 2.24) is 10.3 Å². The lowest BCUT2D eigenvalue weighted by Crippen LogP contribution is -2.35. The van der Waals surface area contributed by atoms with E-state index >= 15 is 0 Å². The van der Waals surface area contributed by atoms with Gasteiger partial charge in [-0.15, -0.1) is 0 Å². The highest BCUT2D eigenvalue weighted by Crippen LogP contribution is 2.11. The standard InChI is InChI=1S/C15H24N2O/c1-6-12(2)11-18-14-8-7-13(16-10-14)9-17-15(3,4)5/h7-8,10,17H,2,6,9,11H2,1,3-5H3. The molecule has 0 bridgehead atoms. The van der Waals surface area contributed by atoms with Crippen molar-refractivity contribution in [1.29, 1.82) is 0 Å². The van der Waals surface area contributed by atoms with Gasteiger partial charge in [-0.05, 0) is 44.9 Å².